The molecule has 2 heterocycles. The molecule has 6 nitrogen and oxygen atoms in total. The van der Waals surface area contributed by atoms with E-state index in [9.17, 15) is 4.79 Å². The number of H-pyrrole nitrogens is 1. The maximum Gasteiger partial charge on any atom is 0.272 e. The van der Waals surface area contributed by atoms with E-state index in [0.29, 0.717) is 18.8 Å². The molecule has 1 amide bonds. The van der Waals surface area contributed by atoms with Crippen LogP contribution in [0.5, 0.6) is 0 Å². The van der Waals surface area contributed by atoms with Gasteiger partial charge in [0, 0.05) is 36.5 Å². The Morgan fingerprint density at radius 1 is 1.28 bits per heavy atom. The Labute approximate surface area is 146 Å². The van der Waals surface area contributed by atoms with Crippen molar-refractivity contribution < 1.29 is 9.53 Å². The Morgan fingerprint density at radius 2 is 2.16 bits per heavy atom. The first-order valence-electron chi connectivity index (χ1n) is 8.43. The maximum atomic E-state index is 12.4. The number of aromatic amines is 1. The number of aromatic nitrogens is 3. The molecule has 3 rings (SSSR count). The largest absolute Gasteiger partial charge is 0.379 e. The number of nitrogens with one attached hydrogen (secondary N) is 2. The Morgan fingerprint density at radius 3 is 2.92 bits per heavy atom. The van der Waals surface area contributed by atoms with Gasteiger partial charge in [0.05, 0.1) is 11.6 Å². The van der Waals surface area contributed by atoms with Gasteiger partial charge in [-0.2, -0.15) is 5.10 Å². The van der Waals surface area contributed by atoms with E-state index in [-0.39, 0.29) is 12.0 Å². The molecular formula is C19H22N4O2. The number of carbonyl (C=O) groups excluding carboxylic acids is 1. The SMILES string of the molecule is CC(C)OCCCNC(=O)c1n[nH]c2ccc(-c3cccnc3)cc12. The summed E-state index contributed by atoms with van der Waals surface area (Å²) < 4.78 is 5.47. The third-order valence-electron chi connectivity index (χ3n) is 3.83. The number of ether oxygens (including phenoxy) is 1. The van der Waals surface area contributed by atoms with Crippen molar-refractivity contribution >= 4 is 16.8 Å². The third-order valence-corrected chi connectivity index (χ3v) is 3.83. The molecule has 0 atom stereocenters. The molecule has 2 aromatic heterocycles. The highest BCUT2D eigenvalue weighted by Crippen LogP contribution is 2.24. The van der Waals surface area contributed by atoms with Gasteiger partial charge in [-0.25, -0.2) is 0 Å². The lowest BCUT2D eigenvalue weighted by Gasteiger charge is -2.07. The van der Waals surface area contributed by atoms with E-state index in [1.165, 1.54) is 0 Å². The van der Waals surface area contributed by atoms with E-state index < -0.39 is 0 Å². The zero-order valence-electron chi connectivity index (χ0n) is 14.5. The second kappa shape index (κ2) is 7.90. The predicted octanol–water partition coefficient (Wildman–Crippen LogP) is 3.17. The third kappa shape index (κ3) is 4.22. The van der Waals surface area contributed by atoms with Gasteiger partial charge in [0.1, 0.15) is 0 Å². The van der Waals surface area contributed by atoms with Gasteiger partial charge in [-0.1, -0.05) is 12.1 Å². The fourth-order valence-electron chi connectivity index (χ4n) is 2.58. The van der Waals surface area contributed by atoms with Gasteiger partial charge in [0.2, 0.25) is 0 Å². The first-order valence-corrected chi connectivity index (χ1v) is 8.43. The van der Waals surface area contributed by atoms with Crippen molar-refractivity contribution in [2.45, 2.75) is 26.4 Å². The average Bonchev–Trinajstić information content (AvgIpc) is 3.05. The van der Waals surface area contributed by atoms with Gasteiger partial charge in [0.15, 0.2) is 5.69 Å². The van der Waals surface area contributed by atoms with Gasteiger partial charge in [-0.15, -0.1) is 0 Å². The molecular weight excluding hydrogens is 316 g/mol. The Balaban J connectivity index is 1.72. The quantitative estimate of drug-likeness (QED) is 0.649. The second-order valence-corrected chi connectivity index (χ2v) is 6.10. The highest BCUT2D eigenvalue weighted by Gasteiger charge is 2.14. The van der Waals surface area contributed by atoms with E-state index in [4.69, 9.17) is 4.74 Å². The molecule has 0 saturated carbocycles. The molecule has 0 radical (unpaired) electrons. The van der Waals surface area contributed by atoms with Crippen LogP contribution < -0.4 is 5.32 Å². The molecule has 0 saturated heterocycles. The Bertz CT molecular complexity index is 843. The molecule has 0 aliphatic rings. The number of fused-ring (bicyclic) bond motifs is 1. The number of nitrogens with zero attached hydrogens (tertiary/aromatic N) is 2. The first-order chi connectivity index (χ1) is 12.1. The molecule has 25 heavy (non-hydrogen) atoms. The average molecular weight is 338 g/mol. The van der Waals surface area contributed by atoms with Crippen molar-refractivity contribution in [1.29, 1.82) is 0 Å². The van der Waals surface area contributed by atoms with Crippen LogP contribution in [-0.2, 0) is 4.74 Å². The molecule has 0 spiro atoms. The first kappa shape index (κ1) is 17.1. The monoisotopic (exact) mass is 338 g/mol. The van der Waals surface area contributed by atoms with E-state index in [0.717, 1.165) is 28.5 Å². The summed E-state index contributed by atoms with van der Waals surface area (Å²) >= 11 is 0. The van der Waals surface area contributed by atoms with Crippen LogP contribution in [0.25, 0.3) is 22.0 Å². The summed E-state index contributed by atoms with van der Waals surface area (Å²) in [6, 6.07) is 9.76. The Kier molecular flexibility index (Phi) is 5.40. The van der Waals surface area contributed by atoms with Crippen LogP contribution in [0.4, 0.5) is 0 Å². The van der Waals surface area contributed by atoms with Crippen molar-refractivity contribution in [3.8, 4) is 11.1 Å². The van der Waals surface area contributed by atoms with Crippen molar-refractivity contribution in [1.82, 2.24) is 20.5 Å². The van der Waals surface area contributed by atoms with Crippen LogP contribution >= 0.6 is 0 Å². The predicted molar refractivity (Wildman–Crippen MR) is 97.4 cm³/mol. The minimum Gasteiger partial charge on any atom is -0.379 e. The van der Waals surface area contributed by atoms with Gasteiger partial charge in [0.25, 0.3) is 5.91 Å². The van der Waals surface area contributed by atoms with Crippen LogP contribution in [0.1, 0.15) is 30.8 Å². The standard InChI is InChI=1S/C19H22N4O2/c1-13(2)25-10-4-9-21-19(24)18-16-11-14(6-7-17(16)22-23-18)15-5-3-8-20-12-15/h3,5-8,11-13H,4,9-10H2,1-2H3,(H,21,24)(H,22,23). The van der Waals surface area contributed by atoms with Crippen LogP contribution in [0.15, 0.2) is 42.7 Å². The number of pyridine rings is 1. The van der Waals surface area contributed by atoms with Gasteiger partial charge in [-0.05, 0) is 44.0 Å². The minimum absolute atomic E-state index is 0.181. The minimum atomic E-state index is -0.181. The van der Waals surface area contributed by atoms with Gasteiger partial charge >= 0.3 is 0 Å². The summed E-state index contributed by atoms with van der Waals surface area (Å²) in [5, 5.41) is 10.8. The summed E-state index contributed by atoms with van der Waals surface area (Å²) in [4.78, 5) is 16.6. The fraction of sp³-hybridized carbons (Fsp3) is 0.316. The van der Waals surface area contributed by atoms with E-state index in [1.807, 2.05) is 44.2 Å². The number of rotatable bonds is 7. The van der Waals surface area contributed by atoms with E-state index in [1.54, 1.807) is 12.4 Å². The van der Waals surface area contributed by atoms with Crippen LogP contribution in [-0.4, -0.2) is 40.3 Å². The smallest absolute Gasteiger partial charge is 0.272 e. The van der Waals surface area contributed by atoms with E-state index >= 15 is 0 Å². The zero-order chi connectivity index (χ0) is 17.6. The normalized spacial score (nSPS) is 11.2. The Hall–Kier alpha value is -2.73. The van der Waals surface area contributed by atoms with Gasteiger partial charge < -0.3 is 10.1 Å². The second-order valence-electron chi connectivity index (χ2n) is 6.10. The molecule has 0 aliphatic carbocycles. The number of hydrogen-bond donors (Lipinski definition) is 2. The number of hydrogen-bond acceptors (Lipinski definition) is 4. The molecule has 0 aliphatic heterocycles. The van der Waals surface area contributed by atoms with Crippen molar-refractivity contribution in [2.75, 3.05) is 13.2 Å². The molecule has 6 heteroatoms. The molecule has 130 valence electrons. The number of benzene rings is 1. The van der Waals surface area contributed by atoms with Gasteiger partial charge in [-0.3, -0.25) is 14.9 Å². The highest BCUT2D eigenvalue weighted by molar-refractivity contribution is 6.05. The maximum absolute atomic E-state index is 12.4. The fourth-order valence-corrected chi connectivity index (χ4v) is 2.58. The lowest BCUT2D eigenvalue weighted by molar-refractivity contribution is 0.0756. The molecule has 2 N–H and O–H groups in total. The number of amides is 1. The number of carbonyl (C=O) groups is 1. The highest BCUT2D eigenvalue weighted by atomic mass is 16.5. The zero-order valence-corrected chi connectivity index (χ0v) is 14.5. The van der Waals surface area contributed by atoms with E-state index in [2.05, 4.69) is 20.5 Å². The lowest BCUT2D eigenvalue weighted by atomic mass is 10.0. The van der Waals surface area contributed by atoms with Crippen LogP contribution in [0.3, 0.4) is 0 Å². The molecule has 0 bridgehead atoms. The molecule has 0 fully saturated rings. The van der Waals surface area contributed by atoms with Crippen molar-refractivity contribution in [3.05, 3.63) is 48.4 Å². The molecule has 1 aromatic carbocycles. The van der Waals surface area contributed by atoms with Crippen LogP contribution in [0, 0.1) is 0 Å². The summed E-state index contributed by atoms with van der Waals surface area (Å²) in [5.41, 5.74) is 3.25. The lowest BCUT2D eigenvalue weighted by Crippen LogP contribution is -2.26. The molecule has 3 aromatic rings. The van der Waals surface area contributed by atoms with Crippen molar-refractivity contribution in [3.63, 3.8) is 0 Å². The van der Waals surface area contributed by atoms with Crippen LogP contribution in [0.2, 0.25) is 0 Å². The summed E-state index contributed by atoms with van der Waals surface area (Å²) in [7, 11) is 0. The topological polar surface area (TPSA) is 79.9 Å². The van der Waals surface area contributed by atoms with Crippen molar-refractivity contribution in [2.24, 2.45) is 0 Å². The molecule has 0 unspecified atom stereocenters. The summed E-state index contributed by atoms with van der Waals surface area (Å²) in [5.74, 6) is -0.181. The summed E-state index contributed by atoms with van der Waals surface area (Å²) in [6.07, 6.45) is 4.52. The summed E-state index contributed by atoms with van der Waals surface area (Å²) in [6.45, 7) is 5.18.